The fraction of sp³-hybridized carbons (Fsp3) is 0.412. The van der Waals surface area contributed by atoms with Crippen LogP contribution in [0.5, 0.6) is 0 Å². The van der Waals surface area contributed by atoms with Gasteiger partial charge < -0.3 is 14.5 Å². The van der Waals surface area contributed by atoms with Gasteiger partial charge in [0.15, 0.2) is 0 Å². The summed E-state index contributed by atoms with van der Waals surface area (Å²) in [6, 6.07) is 7.84. The predicted molar refractivity (Wildman–Crippen MR) is 81.0 cm³/mol. The van der Waals surface area contributed by atoms with Crippen LogP contribution in [-0.4, -0.2) is 17.6 Å². The number of nitrogens with zero attached hydrogens (tertiary/aromatic N) is 1. The summed E-state index contributed by atoms with van der Waals surface area (Å²) in [6.07, 6.45) is 2.12. The highest BCUT2D eigenvalue weighted by molar-refractivity contribution is 5.89. The summed E-state index contributed by atoms with van der Waals surface area (Å²) < 4.78 is 11.5. The zero-order chi connectivity index (χ0) is 15.7. The number of ether oxygens (including phenoxy) is 2. The van der Waals surface area contributed by atoms with E-state index < -0.39 is 5.79 Å². The first kappa shape index (κ1) is 14.6. The van der Waals surface area contributed by atoms with Crippen LogP contribution in [-0.2, 0) is 26.5 Å². The number of benzene rings is 1. The number of hydrogen-bond donors (Lipinski definition) is 1. The number of para-hydroxylation sites is 1. The summed E-state index contributed by atoms with van der Waals surface area (Å²) in [5.74, 6) is -1.44. The van der Waals surface area contributed by atoms with Crippen molar-refractivity contribution in [3.8, 4) is 6.07 Å². The van der Waals surface area contributed by atoms with Gasteiger partial charge in [0.25, 0.3) is 5.79 Å². The third-order valence-electron chi connectivity index (χ3n) is 4.02. The van der Waals surface area contributed by atoms with Crippen LogP contribution < -0.4 is 0 Å². The molecule has 0 radical (unpaired) electrons. The Hall–Kier alpha value is -2.32. The molecule has 22 heavy (non-hydrogen) atoms. The minimum atomic E-state index is -1.07. The number of aromatic amines is 1. The fourth-order valence-corrected chi connectivity index (χ4v) is 3.23. The molecule has 0 fully saturated rings. The smallest absolute Gasteiger partial charge is 0.305 e. The maximum Gasteiger partial charge on any atom is 0.305 e. The Kier molecular flexibility index (Phi) is 3.63. The monoisotopic (exact) mass is 298 g/mol. The molecule has 0 aliphatic carbocycles. The molecule has 1 N–H and O–H groups in total. The molecule has 5 heteroatoms. The maximum atomic E-state index is 11.6. The van der Waals surface area contributed by atoms with Crippen LogP contribution in [0, 0.1) is 11.3 Å². The highest BCUT2D eigenvalue weighted by Crippen LogP contribution is 2.41. The first-order chi connectivity index (χ1) is 10.6. The van der Waals surface area contributed by atoms with E-state index in [4.69, 9.17) is 9.47 Å². The molecule has 2 heterocycles. The lowest BCUT2D eigenvalue weighted by Gasteiger charge is -2.36. The maximum absolute atomic E-state index is 11.6. The number of carbonyl (C=O) groups is 1. The van der Waals surface area contributed by atoms with E-state index in [9.17, 15) is 10.1 Å². The molecular formula is C17H18N2O3. The highest BCUT2D eigenvalue weighted by Gasteiger charge is 2.43. The molecule has 3 rings (SSSR count). The van der Waals surface area contributed by atoms with E-state index in [-0.39, 0.29) is 5.97 Å². The number of nitriles is 1. The minimum absolute atomic E-state index is 0.375. The van der Waals surface area contributed by atoms with Gasteiger partial charge in [-0.05, 0) is 24.5 Å². The Labute approximate surface area is 128 Å². The molecule has 0 bridgehead atoms. The van der Waals surface area contributed by atoms with E-state index >= 15 is 0 Å². The van der Waals surface area contributed by atoms with Crippen LogP contribution in [0.15, 0.2) is 18.2 Å². The molecule has 1 atom stereocenters. The van der Waals surface area contributed by atoms with Crippen molar-refractivity contribution in [2.75, 3.05) is 6.61 Å². The number of carbonyl (C=O) groups excluding carboxylic acids is 1. The van der Waals surface area contributed by atoms with Gasteiger partial charge in [-0.15, -0.1) is 0 Å². The van der Waals surface area contributed by atoms with Crippen LogP contribution in [0.2, 0.25) is 0 Å². The molecule has 5 nitrogen and oxygen atoms in total. The van der Waals surface area contributed by atoms with E-state index in [1.807, 2.05) is 19.1 Å². The number of fused-ring (bicyclic) bond motifs is 3. The van der Waals surface area contributed by atoms with E-state index in [0.717, 1.165) is 35.0 Å². The first-order valence-corrected chi connectivity index (χ1v) is 7.49. The summed E-state index contributed by atoms with van der Waals surface area (Å²) in [7, 11) is 0. The molecule has 2 aromatic rings. The number of nitrogens with one attached hydrogen (secondary N) is 1. The second kappa shape index (κ2) is 5.47. The van der Waals surface area contributed by atoms with Crippen molar-refractivity contribution in [3.05, 3.63) is 35.0 Å². The molecule has 0 saturated carbocycles. The van der Waals surface area contributed by atoms with Gasteiger partial charge in [-0.3, -0.25) is 4.79 Å². The van der Waals surface area contributed by atoms with Gasteiger partial charge in [-0.1, -0.05) is 19.1 Å². The Morgan fingerprint density at radius 2 is 2.36 bits per heavy atom. The van der Waals surface area contributed by atoms with Crippen molar-refractivity contribution in [2.24, 2.45) is 0 Å². The molecule has 0 amide bonds. The van der Waals surface area contributed by atoms with E-state index in [2.05, 4.69) is 11.1 Å². The first-order valence-electron chi connectivity index (χ1n) is 7.49. The van der Waals surface area contributed by atoms with Gasteiger partial charge >= 0.3 is 5.97 Å². The average Bonchev–Trinajstić information content (AvgIpc) is 2.87. The van der Waals surface area contributed by atoms with Crippen LogP contribution in [0.3, 0.4) is 0 Å². The second-order valence-corrected chi connectivity index (χ2v) is 5.51. The Bertz CT molecular complexity index is 772. The number of esters is 1. The number of aromatic nitrogens is 1. The van der Waals surface area contributed by atoms with Crippen molar-refractivity contribution in [3.63, 3.8) is 0 Å². The van der Waals surface area contributed by atoms with Crippen molar-refractivity contribution in [2.45, 2.75) is 38.9 Å². The average molecular weight is 298 g/mol. The predicted octanol–water partition coefficient (Wildman–Crippen LogP) is 3.13. The molecule has 114 valence electrons. The molecule has 1 aliphatic heterocycles. The number of H-pyrrole nitrogens is 1. The van der Waals surface area contributed by atoms with Gasteiger partial charge in [0.1, 0.15) is 6.07 Å². The Morgan fingerprint density at radius 3 is 3.05 bits per heavy atom. The summed E-state index contributed by atoms with van der Waals surface area (Å²) in [4.78, 5) is 14.9. The molecule has 0 saturated heterocycles. The third kappa shape index (κ3) is 2.16. The Morgan fingerprint density at radius 1 is 1.55 bits per heavy atom. The minimum Gasteiger partial charge on any atom is -0.427 e. The second-order valence-electron chi connectivity index (χ2n) is 5.51. The summed E-state index contributed by atoms with van der Waals surface area (Å²) in [5.41, 5.74) is 3.22. The van der Waals surface area contributed by atoms with Crippen LogP contribution in [0.1, 0.15) is 43.5 Å². The van der Waals surface area contributed by atoms with Crippen LogP contribution in [0.4, 0.5) is 0 Å². The highest BCUT2D eigenvalue weighted by atomic mass is 16.7. The van der Waals surface area contributed by atoms with E-state index in [0.29, 0.717) is 18.6 Å². The lowest BCUT2D eigenvalue weighted by atomic mass is 9.96. The van der Waals surface area contributed by atoms with Crippen molar-refractivity contribution in [1.29, 1.82) is 5.26 Å². The molecular weight excluding hydrogens is 280 g/mol. The summed E-state index contributed by atoms with van der Waals surface area (Å²) in [6.45, 7) is 3.90. The standard InChI is InChI=1S/C17H18N2O3/c1-3-8-17(22-11(2)20)16-14(7-9-21-17)13-6-4-5-12(10-18)15(13)19-16/h4-6,19H,3,7-9H2,1-2H3. The van der Waals surface area contributed by atoms with Crippen LogP contribution >= 0.6 is 0 Å². The fourth-order valence-electron chi connectivity index (χ4n) is 3.23. The van der Waals surface area contributed by atoms with Gasteiger partial charge in [0.2, 0.25) is 0 Å². The van der Waals surface area contributed by atoms with Crippen molar-refractivity contribution in [1.82, 2.24) is 4.98 Å². The Balaban J connectivity index is 2.25. The van der Waals surface area contributed by atoms with Gasteiger partial charge in [-0.25, -0.2) is 0 Å². The normalized spacial score (nSPS) is 20.4. The zero-order valence-electron chi connectivity index (χ0n) is 12.7. The summed E-state index contributed by atoms with van der Waals surface area (Å²) >= 11 is 0. The van der Waals surface area contributed by atoms with E-state index in [1.54, 1.807) is 6.07 Å². The summed E-state index contributed by atoms with van der Waals surface area (Å²) in [5, 5.41) is 10.3. The lowest BCUT2D eigenvalue weighted by Crippen LogP contribution is -2.39. The SMILES string of the molecule is CCCC1(OC(C)=O)OCCc2c1[nH]c1c(C#N)cccc21. The zero-order valence-corrected chi connectivity index (χ0v) is 12.7. The quantitative estimate of drug-likeness (QED) is 0.883. The largest absolute Gasteiger partial charge is 0.427 e. The van der Waals surface area contributed by atoms with Gasteiger partial charge in [0, 0.05) is 18.7 Å². The van der Waals surface area contributed by atoms with Gasteiger partial charge in [-0.2, -0.15) is 5.26 Å². The van der Waals surface area contributed by atoms with Crippen molar-refractivity contribution >= 4 is 16.9 Å². The molecule has 1 aromatic heterocycles. The molecule has 0 spiro atoms. The molecule has 1 aliphatic rings. The lowest BCUT2D eigenvalue weighted by molar-refractivity contribution is -0.247. The van der Waals surface area contributed by atoms with Crippen LogP contribution in [0.25, 0.3) is 10.9 Å². The topological polar surface area (TPSA) is 75.1 Å². The van der Waals surface area contributed by atoms with Gasteiger partial charge in [0.05, 0.1) is 23.4 Å². The number of hydrogen-bond acceptors (Lipinski definition) is 4. The molecule has 1 aromatic carbocycles. The molecule has 1 unspecified atom stereocenters. The third-order valence-corrected chi connectivity index (χ3v) is 4.02. The van der Waals surface area contributed by atoms with E-state index in [1.165, 1.54) is 6.92 Å². The number of rotatable bonds is 3. The van der Waals surface area contributed by atoms with Crippen molar-refractivity contribution < 1.29 is 14.3 Å².